The van der Waals surface area contributed by atoms with Crippen molar-refractivity contribution in [3.63, 3.8) is 0 Å². The van der Waals surface area contributed by atoms with Crippen molar-refractivity contribution < 1.29 is 14.3 Å². The maximum Gasteiger partial charge on any atom is 0.306 e. The summed E-state index contributed by atoms with van der Waals surface area (Å²) in [4.78, 5) is 38.1. The SMILES string of the molecule is Cc1ccc(CNC(=O)COC(=O)CCc2c(C)[nH]c(=O)c(C#N)c2C)cc1. The molecule has 0 radical (unpaired) electrons. The van der Waals surface area contributed by atoms with Gasteiger partial charge in [-0.1, -0.05) is 29.8 Å². The molecule has 1 amide bonds. The van der Waals surface area contributed by atoms with E-state index in [0.717, 1.165) is 16.7 Å². The molecule has 0 saturated carbocycles. The first-order valence-corrected chi connectivity index (χ1v) is 8.92. The Hall–Kier alpha value is -3.40. The Morgan fingerprint density at radius 3 is 2.50 bits per heavy atom. The molecule has 0 aliphatic carbocycles. The number of esters is 1. The lowest BCUT2D eigenvalue weighted by Gasteiger charge is -2.11. The van der Waals surface area contributed by atoms with Crippen LogP contribution in [0.2, 0.25) is 0 Å². The van der Waals surface area contributed by atoms with Crippen molar-refractivity contribution in [2.24, 2.45) is 0 Å². The van der Waals surface area contributed by atoms with Crippen molar-refractivity contribution >= 4 is 11.9 Å². The first-order valence-electron chi connectivity index (χ1n) is 8.92. The Morgan fingerprint density at radius 2 is 1.86 bits per heavy atom. The monoisotopic (exact) mass is 381 g/mol. The lowest BCUT2D eigenvalue weighted by atomic mass is 9.99. The summed E-state index contributed by atoms with van der Waals surface area (Å²) in [6, 6.07) is 9.64. The molecule has 0 bridgehead atoms. The van der Waals surface area contributed by atoms with Gasteiger partial charge in [0.1, 0.15) is 11.6 Å². The van der Waals surface area contributed by atoms with Crippen LogP contribution in [0.5, 0.6) is 0 Å². The van der Waals surface area contributed by atoms with Crippen molar-refractivity contribution in [3.05, 3.63) is 68.1 Å². The number of nitriles is 1. The van der Waals surface area contributed by atoms with Crippen LogP contribution in [0.1, 0.15) is 39.9 Å². The predicted molar refractivity (Wildman–Crippen MR) is 104 cm³/mol. The van der Waals surface area contributed by atoms with Crippen LogP contribution in [0.25, 0.3) is 0 Å². The van der Waals surface area contributed by atoms with Gasteiger partial charge in [-0.25, -0.2) is 0 Å². The van der Waals surface area contributed by atoms with Gasteiger partial charge in [0.15, 0.2) is 6.61 Å². The zero-order valence-corrected chi connectivity index (χ0v) is 16.2. The number of aryl methyl sites for hydroxylation is 2. The van der Waals surface area contributed by atoms with Crippen LogP contribution in [0.3, 0.4) is 0 Å². The number of aromatic nitrogens is 1. The lowest BCUT2D eigenvalue weighted by molar-refractivity contribution is -0.148. The number of aromatic amines is 1. The molecule has 0 saturated heterocycles. The number of H-pyrrole nitrogens is 1. The van der Waals surface area contributed by atoms with Gasteiger partial charge in [-0.05, 0) is 43.9 Å². The van der Waals surface area contributed by atoms with Gasteiger partial charge in [-0.3, -0.25) is 14.4 Å². The smallest absolute Gasteiger partial charge is 0.306 e. The van der Waals surface area contributed by atoms with E-state index in [4.69, 9.17) is 10.00 Å². The molecule has 0 aliphatic rings. The Bertz CT molecular complexity index is 969. The molecule has 28 heavy (non-hydrogen) atoms. The molecule has 0 spiro atoms. The first-order chi connectivity index (χ1) is 13.3. The highest BCUT2D eigenvalue weighted by Gasteiger charge is 2.14. The number of amides is 1. The van der Waals surface area contributed by atoms with Gasteiger partial charge in [0.05, 0.1) is 0 Å². The van der Waals surface area contributed by atoms with Crippen LogP contribution in [0.15, 0.2) is 29.1 Å². The minimum atomic E-state index is -0.519. The van der Waals surface area contributed by atoms with E-state index in [1.165, 1.54) is 0 Å². The van der Waals surface area contributed by atoms with Crippen LogP contribution in [-0.2, 0) is 27.3 Å². The van der Waals surface area contributed by atoms with Crippen molar-refractivity contribution in [2.45, 2.75) is 40.2 Å². The molecule has 1 heterocycles. The Kier molecular flexibility index (Phi) is 7.10. The minimum absolute atomic E-state index is 0.0455. The van der Waals surface area contributed by atoms with Crippen LogP contribution in [0.4, 0.5) is 0 Å². The van der Waals surface area contributed by atoms with E-state index < -0.39 is 11.5 Å². The molecule has 146 valence electrons. The first kappa shape index (κ1) is 20.9. The predicted octanol–water partition coefficient (Wildman–Crippen LogP) is 1.96. The summed E-state index contributed by atoms with van der Waals surface area (Å²) in [6.45, 7) is 5.40. The second-order valence-corrected chi connectivity index (χ2v) is 6.59. The van der Waals surface area contributed by atoms with Gasteiger partial charge < -0.3 is 15.0 Å². The second kappa shape index (κ2) is 9.51. The number of carbonyl (C=O) groups is 2. The third-order valence-corrected chi connectivity index (χ3v) is 4.47. The molecule has 1 aromatic heterocycles. The van der Waals surface area contributed by atoms with Gasteiger partial charge in [0.25, 0.3) is 11.5 Å². The highest BCUT2D eigenvalue weighted by atomic mass is 16.5. The third kappa shape index (κ3) is 5.55. The molecular formula is C21H23N3O4. The fourth-order valence-electron chi connectivity index (χ4n) is 2.82. The van der Waals surface area contributed by atoms with Gasteiger partial charge in [0, 0.05) is 18.7 Å². The number of ether oxygens (including phenoxy) is 1. The Labute approximate surface area is 163 Å². The van der Waals surface area contributed by atoms with Gasteiger partial charge in [0.2, 0.25) is 0 Å². The average Bonchev–Trinajstić information content (AvgIpc) is 2.65. The highest BCUT2D eigenvalue weighted by molar-refractivity contribution is 5.80. The molecule has 2 aromatic rings. The molecule has 0 fully saturated rings. The molecule has 7 nitrogen and oxygen atoms in total. The topological polar surface area (TPSA) is 112 Å². The largest absolute Gasteiger partial charge is 0.456 e. The van der Waals surface area contributed by atoms with Crippen molar-refractivity contribution in [1.82, 2.24) is 10.3 Å². The summed E-state index contributed by atoms with van der Waals surface area (Å²) in [5, 5.41) is 11.8. The van der Waals surface area contributed by atoms with E-state index >= 15 is 0 Å². The third-order valence-electron chi connectivity index (χ3n) is 4.47. The Balaban J connectivity index is 1.81. The standard InChI is InChI=1S/C21H23N3O4/c1-13-4-6-16(7-5-13)11-23-19(25)12-28-20(26)9-8-17-14(2)18(10-22)21(27)24-15(17)3/h4-7H,8-9,11-12H2,1-3H3,(H,23,25)(H,24,27). The van der Waals surface area contributed by atoms with Crippen LogP contribution >= 0.6 is 0 Å². The zero-order chi connectivity index (χ0) is 20.7. The molecule has 1 aromatic carbocycles. The average molecular weight is 381 g/mol. The van der Waals surface area contributed by atoms with Crippen molar-refractivity contribution in [2.75, 3.05) is 6.61 Å². The van der Waals surface area contributed by atoms with Crippen LogP contribution in [0, 0.1) is 32.1 Å². The Morgan fingerprint density at radius 1 is 1.18 bits per heavy atom. The van der Waals surface area contributed by atoms with Gasteiger partial charge in [-0.15, -0.1) is 0 Å². The summed E-state index contributed by atoms with van der Waals surface area (Å²) in [5.41, 5.74) is 3.62. The molecule has 2 rings (SSSR count). The summed E-state index contributed by atoms with van der Waals surface area (Å²) < 4.78 is 5.01. The molecule has 7 heteroatoms. The fourth-order valence-corrected chi connectivity index (χ4v) is 2.82. The van der Waals surface area contributed by atoms with Crippen LogP contribution in [-0.4, -0.2) is 23.5 Å². The summed E-state index contributed by atoms with van der Waals surface area (Å²) in [5.74, 6) is -0.897. The van der Waals surface area contributed by atoms with Crippen molar-refractivity contribution in [1.29, 1.82) is 5.26 Å². The van der Waals surface area contributed by atoms with E-state index in [1.807, 2.05) is 37.3 Å². The quantitative estimate of drug-likeness (QED) is 0.712. The number of hydrogen-bond donors (Lipinski definition) is 2. The maximum atomic E-state index is 11.9. The van der Waals surface area contributed by atoms with Gasteiger partial charge in [-0.2, -0.15) is 5.26 Å². The number of nitrogens with zero attached hydrogens (tertiary/aromatic N) is 1. The van der Waals surface area contributed by atoms with E-state index in [0.29, 0.717) is 24.2 Å². The number of nitrogens with one attached hydrogen (secondary N) is 2. The summed E-state index contributed by atoms with van der Waals surface area (Å²) in [7, 11) is 0. The number of pyridine rings is 1. The molecule has 0 atom stereocenters. The van der Waals surface area contributed by atoms with Crippen LogP contribution < -0.4 is 10.9 Å². The number of carbonyl (C=O) groups excluding carboxylic acids is 2. The van der Waals surface area contributed by atoms with E-state index in [9.17, 15) is 14.4 Å². The normalized spacial score (nSPS) is 10.2. The molecule has 2 N–H and O–H groups in total. The van der Waals surface area contributed by atoms with E-state index in [-0.39, 0.29) is 24.5 Å². The number of benzene rings is 1. The maximum absolute atomic E-state index is 11.9. The van der Waals surface area contributed by atoms with Crippen molar-refractivity contribution in [3.8, 4) is 6.07 Å². The highest BCUT2D eigenvalue weighted by Crippen LogP contribution is 2.15. The van der Waals surface area contributed by atoms with Gasteiger partial charge >= 0.3 is 5.97 Å². The molecule has 0 unspecified atom stereocenters. The second-order valence-electron chi connectivity index (χ2n) is 6.59. The number of hydrogen-bond acceptors (Lipinski definition) is 5. The fraction of sp³-hybridized carbons (Fsp3) is 0.333. The number of rotatable bonds is 7. The molecular weight excluding hydrogens is 358 g/mol. The summed E-state index contributed by atoms with van der Waals surface area (Å²) in [6.07, 6.45) is 0.358. The van der Waals surface area contributed by atoms with E-state index in [1.54, 1.807) is 13.8 Å². The lowest BCUT2D eigenvalue weighted by Crippen LogP contribution is -2.28. The summed E-state index contributed by atoms with van der Waals surface area (Å²) >= 11 is 0. The molecule has 0 aliphatic heterocycles. The zero-order valence-electron chi connectivity index (χ0n) is 16.2. The minimum Gasteiger partial charge on any atom is -0.456 e. The van der Waals surface area contributed by atoms with E-state index in [2.05, 4.69) is 10.3 Å².